The Morgan fingerprint density at radius 1 is 1.37 bits per heavy atom. The molecule has 1 saturated heterocycles. The molecule has 0 aromatic heterocycles. The number of nitrogens with zero attached hydrogens (tertiary/aromatic N) is 1. The maximum absolute atomic E-state index is 12.4. The van der Waals surface area contributed by atoms with Gasteiger partial charge in [-0.25, -0.2) is 0 Å². The Bertz CT molecular complexity index is 360. The number of carbonyl (C=O) groups excluding carboxylic acids is 2. The largest absolute Gasteiger partial charge is 0.352 e. The van der Waals surface area contributed by atoms with Crippen molar-refractivity contribution in [2.45, 2.75) is 57.5 Å². The lowest BCUT2D eigenvalue weighted by Gasteiger charge is -2.42. The van der Waals surface area contributed by atoms with Crippen LogP contribution in [0.4, 0.5) is 0 Å². The summed E-state index contributed by atoms with van der Waals surface area (Å²) in [5, 5.41) is 2.82. The van der Waals surface area contributed by atoms with Gasteiger partial charge in [0, 0.05) is 25.6 Å². The van der Waals surface area contributed by atoms with Gasteiger partial charge in [0.2, 0.25) is 11.8 Å². The molecule has 19 heavy (non-hydrogen) atoms. The number of amides is 2. The van der Waals surface area contributed by atoms with Crippen molar-refractivity contribution in [3.63, 3.8) is 0 Å². The monoisotopic (exact) mass is 267 g/mol. The van der Waals surface area contributed by atoms with E-state index in [2.05, 4.69) is 5.32 Å². The highest BCUT2D eigenvalue weighted by atomic mass is 16.2. The summed E-state index contributed by atoms with van der Waals surface area (Å²) >= 11 is 0. The van der Waals surface area contributed by atoms with Crippen LogP contribution in [-0.4, -0.2) is 41.4 Å². The fourth-order valence-corrected chi connectivity index (χ4v) is 3.09. The fraction of sp³-hybridized carbons (Fsp3) is 0.857. The van der Waals surface area contributed by atoms with Gasteiger partial charge < -0.3 is 16.0 Å². The van der Waals surface area contributed by atoms with Crippen LogP contribution in [0, 0.1) is 5.92 Å². The zero-order chi connectivity index (χ0) is 14.0. The van der Waals surface area contributed by atoms with E-state index >= 15 is 0 Å². The molecular formula is C14H25N3O2. The highest BCUT2D eigenvalue weighted by molar-refractivity contribution is 5.91. The lowest BCUT2D eigenvalue weighted by atomic mass is 9.84. The van der Waals surface area contributed by atoms with Crippen LogP contribution in [0.15, 0.2) is 0 Å². The van der Waals surface area contributed by atoms with Gasteiger partial charge in [0.05, 0.1) is 0 Å². The minimum absolute atomic E-state index is 0.0576. The minimum atomic E-state index is -0.722. The van der Waals surface area contributed by atoms with Crippen LogP contribution in [0.5, 0.6) is 0 Å². The van der Waals surface area contributed by atoms with Gasteiger partial charge in [-0.1, -0.05) is 0 Å². The van der Waals surface area contributed by atoms with Crippen LogP contribution >= 0.6 is 0 Å². The molecule has 3 N–H and O–H groups in total. The standard InChI is InChI=1S/C14H25N3O2/c1-14(2)13(19)16-7-8-17(14)12(18)9-10-3-5-11(15)6-4-10/h10-11H,3-9,15H2,1-2H3,(H,16,19). The first-order valence-electron chi connectivity index (χ1n) is 7.25. The van der Waals surface area contributed by atoms with E-state index in [0.29, 0.717) is 31.5 Å². The molecule has 1 aliphatic heterocycles. The summed E-state index contributed by atoms with van der Waals surface area (Å²) in [5.41, 5.74) is 5.16. The third-order valence-corrected chi connectivity index (χ3v) is 4.51. The van der Waals surface area contributed by atoms with Gasteiger partial charge in [0.15, 0.2) is 0 Å². The first-order valence-corrected chi connectivity index (χ1v) is 7.25. The molecule has 2 amide bonds. The van der Waals surface area contributed by atoms with Crippen LogP contribution in [0.3, 0.4) is 0 Å². The fourth-order valence-electron chi connectivity index (χ4n) is 3.09. The Hall–Kier alpha value is -1.10. The van der Waals surface area contributed by atoms with Crippen molar-refractivity contribution in [2.24, 2.45) is 11.7 Å². The average Bonchev–Trinajstić information content (AvgIpc) is 2.35. The number of hydrogen-bond acceptors (Lipinski definition) is 3. The molecule has 0 atom stereocenters. The minimum Gasteiger partial charge on any atom is -0.352 e. The van der Waals surface area contributed by atoms with Crippen molar-refractivity contribution in [2.75, 3.05) is 13.1 Å². The molecule has 1 aliphatic carbocycles. The molecule has 2 rings (SSSR count). The van der Waals surface area contributed by atoms with Gasteiger partial charge in [0.25, 0.3) is 0 Å². The quantitative estimate of drug-likeness (QED) is 0.770. The van der Waals surface area contributed by atoms with Crippen LogP contribution in [0.2, 0.25) is 0 Å². The molecule has 0 bridgehead atoms. The van der Waals surface area contributed by atoms with Crippen LogP contribution in [-0.2, 0) is 9.59 Å². The summed E-state index contributed by atoms with van der Waals surface area (Å²) in [6.45, 7) is 4.81. The van der Waals surface area contributed by atoms with Gasteiger partial charge >= 0.3 is 0 Å². The Labute approximate surface area is 114 Å². The second-order valence-electron chi connectivity index (χ2n) is 6.35. The third-order valence-electron chi connectivity index (χ3n) is 4.51. The van der Waals surface area contributed by atoms with Crippen molar-refractivity contribution < 1.29 is 9.59 Å². The zero-order valence-corrected chi connectivity index (χ0v) is 11.9. The van der Waals surface area contributed by atoms with Crippen molar-refractivity contribution in [3.05, 3.63) is 0 Å². The highest BCUT2D eigenvalue weighted by Gasteiger charge is 2.40. The number of piperazine rings is 1. The third kappa shape index (κ3) is 3.08. The van der Waals surface area contributed by atoms with E-state index in [1.54, 1.807) is 4.90 Å². The van der Waals surface area contributed by atoms with Gasteiger partial charge in [-0.2, -0.15) is 0 Å². The normalized spacial score (nSPS) is 30.9. The molecule has 2 aliphatic rings. The first kappa shape index (κ1) is 14.3. The number of nitrogens with two attached hydrogens (primary N) is 1. The molecule has 1 heterocycles. The van der Waals surface area contributed by atoms with Gasteiger partial charge in [-0.15, -0.1) is 0 Å². The van der Waals surface area contributed by atoms with Crippen molar-refractivity contribution in [1.29, 1.82) is 0 Å². The van der Waals surface area contributed by atoms with Crippen molar-refractivity contribution in [1.82, 2.24) is 10.2 Å². The molecule has 0 radical (unpaired) electrons. The van der Waals surface area contributed by atoms with Crippen molar-refractivity contribution >= 4 is 11.8 Å². The Morgan fingerprint density at radius 2 is 2.00 bits per heavy atom. The van der Waals surface area contributed by atoms with Gasteiger partial charge in [-0.3, -0.25) is 9.59 Å². The van der Waals surface area contributed by atoms with Crippen molar-refractivity contribution in [3.8, 4) is 0 Å². The predicted molar refractivity (Wildman–Crippen MR) is 73.4 cm³/mol. The smallest absolute Gasteiger partial charge is 0.245 e. The zero-order valence-electron chi connectivity index (χ0n) is 11.9. The second kappa shape index (κ2) is 5.49. The summed E-state index contributed by atoms with van der Waals surface area (Å²) in [6, 6.07) is 0.309. The van der Waals surface area contributed by atoms with E-state index in [1.807, 2.05) is 13.8 Å². The number of hydrogen-bond donors (Lipinski definition) is 2. The second-order valence-corrected chi connectivity index (χ2v) is 6.35. The van der Waals surface area contributed by atoms with Crippen LogP contribution < -0.4 is 11.1 Å². The van der Waals surface area contributed by atoms with E-state index in [-0.39, 0.29) is 11.8 Å². The van der Waals surface area contributed by atoms with Gasteiger partial charge in [0.1, 0.15) is 5.54 Å². The predicted octanol–water partition coefficient (Wildman–Crippen LogP) is 0.631. The lowest BCUT2D eigenvalue weighted by molar-refractivity contribution is -0.150. The van der Waals surface area contributed by atoms with E-state index in [0.717, 1.165) is 25.7 Å². The number of nitrogens with one attached hydrogen (secondary N) is 1. The van der Waals surface area contributed by atoms with Crippen LogP contribution in [0.1, 0.15) is 46.0 Å². The van der Waals surface area contributed by atoms with Crippen LogP contribution in [0.25, 0.3) is 0 Å². The summed E-state index contributed by atoms with van der Waals surface area (Å²) in [5.74, 6) is 0.492. The number of rotatable bonds is 2. The first-order chi connectivity index (χ1) is 8.91. The summed E-state index contributed by atoms with van der Waals surface area (Å²) in [6.07, 6.45) is 4.66. The van der Waals surface area contributed by atoms with E-state index in [9.17, 15) is 9.59 Å². The van der Waals surface area contributed by atoms with E-state index < -0.39 is 5.54 Å². The summed E-state index contributed by atoms with van der Waals surface area (Å²) in [7, 11) is 0. The molecular weight excluding hydrogens is 242 g/mol. The van der Waals surface area contributed by atoms with E-state index in [4.69, 9.17) is 5.73 Å². The maximum atomic E-state index is 12.4. The molecule has 1 saturated carbocycles. The lowest BCUT2D eigenvalue weighted by Crippen LogP contribution is -2.63. The summed E-state index contributed by atoms with van der Waals surface area (Å²) < 4.78 is 0. The molecule has 0 unspecified atom stereocenters. The Morgan fingerprint density at radius 3 is 2.63 bits per heavy atom. The summed E-state index contributed by atoms with van der Waals surface area (Å²) in [4.78, 5) is 26.0. The topological polar surface area (TPSA) is 75.4 Å². The number of carbonyl (C=O) groups is 2. The maximum Gasteiger partial charge on any atom is 0.245 e. The molecule has 0 spiro atoms. The Balaban J connectivity index is 1.94. The molecule has 5 heteroatoms. The average molecular weight is 267 g/mol. The molecule has 5 nitrogen and oxygen atoms in total. The van der Waals surface area contributed by atoms with E-state index in [1.165, 1.54) is 0 Å². The highest BCUT2D eigenvalue weighted by Crippen LogP contribution is 2.28. The molecule has 2 fully saturated rings. The SMILES string of the molecule is CC1(C)C(=O)NCCN1C(=O)CC1CCC(N)CC1. The molecule has 0 aromatic carbocycles. The molecule has 108 valence electrons. The van der Waals surface area contributed by atoms with Gasteiger partial charge in [-0.05, 0) is 45.4 Å². The Kier molecular flexibility index (Phi) is 4.13. The molecule has 0 aromatic rings.